The van der Waals surface area contributed by atoms with E-state index in [-0.39, 0.29) is 16.6 Å². The second-order valence-electron chi connectivity index (χ2n) is 6.62. The fourth-order valence-electron chi connectivity index (χ4n) is 4.08. The molecule has 3 aliphatic rings. The number of benzene rings is 1. The summed E-state index contributed by atoms with van der Waals surface area (Å²) in [7, 11) is 1.66. The average Bonchev–Trinajstić information content (AvgIpc) is 3.04. The van der Waals surface area contributed by atoms with Crippen molar-refractivity contribution >= 4 is 23.4 Å². The van der Waals surface area contributed by atoms with Crippen molar-refractivity contribution < 1.29 is 9.53 Å². The van der Waals surface area contributed by atoms with E-state index in [1.165, 1.54) is 0 Å². The summed E-state index contributed by atoms with van der Waals surface area (Å²) in [6.07, 6.45) is 9.46. The third-order valence-corrected chi connectivity index (χ3v) is 7.00. The Morgan fingerprint density at radius 1 is 1.40 bits per heavy atom. The number of ether oxygens (including phenoxy) is 1. The van der Waals surface area contributed by atoms with E-state index in [1.54, 1.807) is 7.11 Å². The molecule has 4 rings (SSSR count). The van der Waals surface area contributed by atoms with Gasteiger partial charge in [0, 0.05) is 24.4 Å². The molecule has 0 saturated carbocycles. The number of thioether (sulfide) groups is 1. The van der Waals surface area contributed by atoms with Gasteiger partial charge in [0.1, 0.15) is 5.75 Å². The van der Waals surface area contributed by atoms with E-state index in [2.05, 4.69) is 23.5 Å². The van der Waals surface area contributed by atoms with Crippen molar-refractivity contribution in [2.24, 2.45) is 16.8 Å². The molecule has 25 heavy (non-hydrogen) atoms. The first-order chi connectivity index (χ1) is 12.2. The lowest BCUT2D eigenvalue weighted by Gasteiger charge is -2.38. The van der Waals surface area contributed by atoms with E-state index in [0.29, 0.717) is 12.5 Å². The summed E-state index contributed by atoms with van der Waals surface area (Å²) in [6, 6.07) is 7.82. The zero-order chi connectivity index (χ0) is 17.3. The number of hydrogen-bond donors (Lipinski definition) is 1. The van der Waals surface area contributed by atoms with Gasteiger partial charge in [-0.05, 0) is 24.5 Å². The molecule has 0 aromatic heterocycles. The van der Waals surface area contributed by atoms with Gasteiger partial charge in [-0.1, -0.05) is 36.4 Å². The number of methoxy groups -OCH3 is 1. The van der Waals surface area contributed by atoms with Crippen molar-refractivity contribution in [2.75, 3.05) is 19.4 Å². The van der Waals surface area contributed by atoms with Gasteiger partial charge in [0.05, 0.1) is 23.5 Å². The van der Waals surface area contributed by atoms with Gasteiger partial charge in [-0.3, -0.25) is 9.79 Å². The van der Waals surface area contributed by atoms with Crippen LogP contribution in [0.25, 0.3) is 0 Å². The van der Waals surface area contributed by atoms with Crippen LogP contribution in [0.1, 0.15) is 12.0 Å². The van der Waals surface area contributed by atoms with E-state index >= 15 is 0 Å². The van der Waals surface area contributed by atoms with Crippen LogP contribution in [0.15, 0.2) is 53.6 Å². The van der Waals surface area contributed by atoms with Crippen molar-refractivity contribution in [1.29, 1.82) is 0 Å². The van der Waals surface area contributed by atoms with Gasteiger partial charge >= 0.3 is 0 Å². The number of carbonyl (C=O) groups is 1. The molecule has 1 spiro atoms. The number of hydrogen-bond acceptors (Lipinski definition) is 4. The molecule has 3 atom stereocenters. The molecular weight excluding hydrogens is 332 g/mol. The SMILES string of the molecule is COc1ccccc1CNC(=O)C1CSC23C=CC=CC2=NCCC13. The lowest BCUT2D eigenvalue weighted by Crippen LogP contribution is -2.46. The molecule has 0 radical (unpaired) electrons. The Labute approximate surface area is 152 Å². The molecule has 1 aliphatic carbocycles. The number of nitrogens with one attached hydrogen (secondary N) is 1. The van der Waals surface area contributed by atoms with Crippen LogP contribution in [0.3, 0.4) is 0 Å². The number of para-hydroxylation sites is 1. The highest BCUT2D eigenvalue weighted by atomic mass is 32.2. The van der Waals surface area contributed by atoms with E-state index in [4.69, 9.17) is 9.73 Å². The van der Waals surface area contributed by atoms with Crippen LogP contribution in [0.4, 0.5) is 0 Å². The number of carbonyl (C=O) groups excluding carboxylic acids is 1. The molecular formula is C20H22N2O2S. The average molecular weight is 354 g/mol. The molecule has 130 valence electrons. The van der Waals surface area contributed by atoms with Crippen LogP contribution in [0, 0.1) is 11.8 Å². The Balaban J connectivity index is 1.48. The number of nitrogens with zero attached hydrogens (tertiary/aromatic N) is 1. The zero-order valence-corrected chi connectivity index (χ0v) is 15.1. The summed E-state index contributed by atoms with van der Waals surface area (Å²) >= 11 is 1.87. The summed E-state index contributed by atoms with van der Waals surface area (Å²) in [6.45, 7) is 1.32. The zero-order valence-electron chi connectivity index (χ0n) is 14.3. The van der Waals surface area contributed by atoms with E-state index in [1.807, 2.05) is 42.1 Å². The van der Waals surface area contributed by atoms with E-state index in [9.17, 15) is 4.79 Å². The molecule has 3 unspecified atom stereocenters. The third-order valence-electron chi connectivity index (χ3n) is 5.35. The number of rotatable bonds is 4. The predicted octanol–water partition coefficient (Wildman–Crippen LogP) is 3.00. The number of aliphatic imine (C=N–C) groups is 1. The molecule has 1 amide bonds. The highest BCUT2D eigenvalue weighted by molar-refractivity contribution is 8.02. The minimum absolute atomic E-state index is 0.0290. The van der Waals surface area contributed by atoms with Gasteiger partial charge in [-0.2, -0.15) is 0 Å². The first kappa shape index (κ1) is 16.5. The minimum atomic E-state index is -0.0978. The van der Waals surface area contributed by atoms with E-state index in [0.717, 1.165) is 35.7 Å². The summed E-state index contributed by atoms with van der Waals surface area (Å²) < 4.78 is 5.27. The Hall–Kier alpha value is -2.01. The van der Waals surface area contributed by atoms with Gasteiger partial charge in [0.2, 0.25) is 5.91 Å². The van der Waals surface area contributed by atoms with Gasteiger partial charge < -0.3 is 10.1 Å². The standard InChI is InChI=1S/C20H22N2O2S/c1-24-17-7-3-2-6-14(17)12-22-19(23)15-13-25-20-10-5-4-8-18(20)21-11-9-16(15)20/h2-8,10,15-16H,9,11-13H2,1H3,(H,22,23). The normalized spacial score (nSPS) is 29.6. The maximum absolute atomic E-state index is 12.9. The monoisotopic (exact) mass is 354 g/mol. The Morgan fingerprint density at radius 3 is 3.16 bits per heavy atom. The van der Waals surface area contributed by atoms with Crippen molar-refractivity contribution in [3.8, 4) is 5.75 Å². The quantitative estimate of drug-likeness (QED) is 0.904. The van der Waals surface area contributed by atoms with Crippen LogP contribution < -0.4 is 10.1 Å². The van der Waals surface area contributed by atoms with Crippen LogP contribution in [0.5, 0.6) is 5.75 Å². The summed E-state index contributed by atoms with van der Waals surface area (Å²) in [5.74, 6) is 2.15. The van der Waals surface area contributed by atoms with Crippen molar-refractivity contribution in [2.45, 2.75) is 17.7 Å². The molecule has 2 aliphatic heterocycles. The molecule has 5 heteroatoms. The van der Waals surface area contributed by atoms with Crippen molar-refractivity contribution in [3.05, 3.63) is 54.1 Å². The molecule has 4 nitrogen and oxygen atoms in total. The molecule has 1 N–H and O–H groups in total. The fraction of sp³-hybridized carbons (Fsp3) is 0.400. The first-order valence-corrected chi connectivity index (χ1v) is 9.67. The first-order valence-electron chi connectivity index (χ1n) is 8.69. The second kappa shape index (κ2) is 6.71. The number of amides is 1. The Morgan fingerprint density at radius 2 is 2.28 bits per heavy atom. The Kier molecular flexibility index (Phi) is 4.42. The maximum Gasteiger partial charge on any atom is 0.224 e. The van der Waals surface area contributed by atoms with Crippen LogP contribution in [-0.2, 0) is 11.3 Å². The molecule has 1 saturated heterocycles. The van der Waals surface area contributed by atoms with E-state index < -0.39 is 0 Å². The molecule has 2 heterocycles. The molecule has 1 aromatic carbocycles. The highest BCUT2D eigenvalue weighted by Crippen LogP contribution is 2.52. The maximum atomic E-state index is 12.9. The fourth-order valence-corrected chi connectivity index (χ4v) is 5.87. The summed E-state index contributed by atoms with van der Waals surface area (Å²) in [4.78, 5) is 17.6. The van der Waals surface area contributed by atoms with Crippen LogP contribution >= 0.6 is 11.8 Å². The van der Waals surface area contributed by atoms with Gasteiger partial charge in [-0.15, -0.1) is 11.8 Å². The topological polar surface area (TPSA) is 50.7 Å². The lowest BCUT2D eigenvalue weighted by molar-refractivity contribution is -0.125. The lowest BCUT2D eigenvalue weighted by atomic mass is 9.74. The number of allylic oxidation sites excluding steroid dienone is 3. The third kappa shape index (κ3) is 2.80. The van der Waals surface area contributed by atoms with Crippen molar-refractivity contribution in [1.82, 2.24) is 5.32 Å². The highest BCUT2D eigenvalue weighted by Gasteiger charge is 2.53. The molecule has 1 aromatic rings. The smallest absolute Gasteiger partial charge is 0.224 e. The second-order valence-corrected chi connectivity index (χ2v) is 7.92. The van der Waals surface area contributed by atoms with Gasteiger partial charge in [-0.25, -0.2) is 0 Å². The minimum Gasteiger partial charge on any atom is -0.496 e. The van der Waals surface area contributed by atoms with Crippen LogP contribution in [0.2, 0.25) is 0 Å². The molecule has 0 bridgehead atoms. The van der Waals surface area contributed by atoms with Crippen molar-refractivity contribution in [3.63, 3.8) is 0 Å². The largest absolute Gasteiger partial charge is 0.496 e. The summed E-state index contributed by atoms with van der Waals surface area (Å²) in [5, 5.41) is 3.13. The predicted molar refractivity (Wildman–Crippen MR) is 102 cm³/mol. The van der Waals surface area contributed by atoms with Gasteiger partial charge in [0.15, 0.2) is 0 Å². The summed E-state index contributed by atoms with van der Waals surface area (Å²) in [5.41, 5.74) is 2.14. The van der Waals surface area contributed by atoms with Crippen LogP contribution in [-0.4, -0.2) is 35.8 Å². The van der Waals surface area contributed by atoms with Gasteiger partial charge in [0.25, 0.3) is 0 Å². The Bertz CT molecular complexity index is 771. The molecule has 1 fully saturated rings.